The Kier molecular flexibility index (Phi) is 3.96. The highest BCUT2D eigenvalue weighted by atomic mass is 35.5. The third kappa shape index (κ3) is 2.73. The number of nitrogen functional groups attached to an aromatic ring is 1. The number of benzene rings is 1. The number of halogens is 1. The summed E-state index contributed by atoms with van der Waals surface area (Å²) < 4.78 is 0. The molecule has 1 atom stereocenters. The minimum Gasteiger partial charge on any atom is -0.398 e. The highest BCUT2D eigenvalue weighted by Crippen LogP contribution is 2.43. The van der Waals surface area contributed by atoms with Gasteiger partial charge in [0, 0.05) is 42.9 Å². The zero-order valence-corrected chi connectivity index (χ0v) is 12.0. The summed E-state index contributed by atoms with van der Waals surface area (Å²) in [5.74, 6) is 0.749. The molecule has 1 aromatic carbocycles. The molecule has 1 aromatic rings. The van der Waals surface area contributed by atoms with Crippen LogP contribution in [0.15, 0.2) is 18.2 Å². The van der Waals surface area contributed by atoms with Crippen molar-refractivity contribution in [1.82, 2.24) is 10.2 Å². The first kappa shape index (κ1) is 13.2. The number of nitrogens with two attached hydrogens (primary N) is 1. The molecule has 2 fully saturated rings. The second-order valence-electron chi connectivity index (χ2n) is 5.70. The number of hydrogen-bond donors (Lipinski definition) is 2. The van der Waals surface area contributed by atoms with E-state index < -0.39 is 0 Å². The summed E-state index contributed by atoms with van der Waals surface area (Å²) in [7, 11) is 0. The lowest BCUT2D eigenvalue weighted by atomic mass is 9.76. The average Bonchev–Trinajstić information content (AvgIpc) is 2.38. The van der Waals surface area contributed by atoms with Crippen LogP contribution in [-0.2, 0) is 0 Å². The van der Waals surface area contributed by atoms with Crippen molar-refractivity contribution in [3.05, 3.63) is 28.8 Å². The van der Waals surface area contributed by atoms with E-state index in [2.05, 4.69) is 16.3 Å². The average molecular weight is 280 g/mol. The van der Waals surface area contributed by atoms with Crippen LogP contribution >= 0.6 is 11.6 Å². The number of piperazine rings is 1. The minimum atomic E-state index is 0.453. The summed E-state index contributed by atoms with van der Waals surface area (Å²) in [5.41, 5.74) is 8.34. The third-order valence-corrected chi connectivity index (χ3v) is 4.74. The van der Waals surface area contributed by atoms with Gasteiger partial charge in [-0.2, -0.15) is 0 Å². The Balaban J connectivity index is 1.90. The zero-order valence-electron chi connectivity index (χ0n) is 11.2. The maximum Gasteiger partial charge on any atom is 0.0410 e. The standard InChI is InChI=1S/C15H22ClN3/c16-12-4-5-14(17)13(10-12)15(11-2-1-3-11)19-8-6-18-7-9-19/h4-5,10-11,15,18H,1-3,6-9,17H2/t15-/m0/s1. The Morgan fingerprint density at radius 2 is 2.00 bits per heavy atom. The molecule has 19 heavy (non-hydrogen) atoms. The van der Waals surface area contributed by atoms with E-state index in [1.165, 1.54) is 24.8 Å². The molecule has 0 radical (unpaired) electrons. The third-order valence-electron chi connectivity index (χ3n) is 4.51. The quantitative estimate of drug-likeness (QED) is 0.836. The normalized spacial score (nSPS) is 23.0. The zero-order chi connectivity index (χ0) is 13.2. The van der Waals surface area contributed by atoms with Crippen LogP contribution in [0.3, 0.4) is 0 Å². The van der Waals surface area contributed by atoms with Crippen LogP contribution in [0, 0.1) is 5.92 Å². The predicted molar refractivity (Wildman–Crippen MR) is 80.4 cm³/mol. The molecule has 3 N–H and O–H groups in total. The van der Waals surface area contributed by atoms with Crippen LogP contribution < -0.4 is 11.1 Å². The number of anilines is 1. The van der Waals surface area contributed by atoms with Gasteiger partial charge in [-0.1, -0.05) is 18.0 Å². The van der Waals surface area contributed by atoms with E-state index in [1.54, 1.807) is 0 Å². The van der Waals surface area contributed by atoms with Gasteiger partial charge in [0.2, 0.25) is 0 Å². The van der Waals surface area contributed by atoms with Gasteiger partial charge in [0.1, 0.15) is 0 Å². The molecule has 0 spiro atoms. The first-order valence-electron chi connectivity index (χ1n) is 7.25. The number of nitrogens with one attached hydrogen (secondary N) is 1. The van der Waals surface area contributed by atoms with Gasteiger partial charge >= 0.3 is 0 Å². The van der Waals surface area contributed by atoms with Crippen molar-refractivity contribution in [1.29, 1.82) is 0 Å². The molecule has 1 heterocycles. The van der Waals surface area contributed by atoms with Gasteiger partial charge in [0.05, 0.1) is 0 Å². The fourth-order valence-electron chi connectivity index (χ4n) is 3.27. The fourth-order valence-corrected chi connectivity index (χ4v) is 3.45. The Morgan fingerprint density at radius 3 is 2.63 bits per heavy atom. The molecular formula is C15H22ClN3. The second-order valence-corrected chi connectivity index (χ2v) is 6.13. The number of rotatable bonds is 3. The SMILES string of the molecule is Nc1ccc(Cl)cc1[C@H](C1CCC1)N1CCNCC1. The van der Waals surface area contributed by atoms with Crippen molar-refractivity contribution in [3.63, 3.8) is 0 Å². The van der Waals surface area contributed by atoms with Gasteiger partial charge < -0.3 is 11.1 Å². The molecule has 1 aliphatic carbocycles. The Bertz CT molecular complexity index is 439. The lowest BCUT2D eigenvalue weighted by molar-refractivity contribution is 0.0842. The van der Waals surface area contributed by atoms with E-state index in [-0.39, 0.29) is 0 Å². The number of nitrogens with zero attached hydrogens (tertiary/aromatic N) is 1. The summed E-state index contributed by atoms with van der Waals surface area (Å²) in [4.78, 5) is 2.59. The van der Waals surface area contributed by atoms with Crippen LogP contribution in [0.2, 0.25) is 5.02 Å². The van der Waals surface area contributed by atoms with Crippen molar-refractivity contribution in [2.24, 2.45) is 5.92 Å². The van der Waals surface area contributed by atoms with Crippen LogP contribution in [0.5, 0.6) is 0 Å². The first-order valence-corrected chi connectivity index (χ1v) is 7.63. The highest BCUT2D eigenvalue weighted by molar-refractivity contribution is 6.30. The van der Waals surface area contributed by atoms with Crippen molar-refractivity contribution >= 4 is 17.3 Å². The van der Waals surface area contributed by atoms with Gasteiger partial charge in [-0.3, -0.25) is 4.90 Å². The van der Waals surface area contributed by atoms with Crippen LogP contribution in [0.4, 0.5) is 5.69 Å². The molecule has 1 aliphatic heterocycles. The van der Waals surface area contributed by atoms with Crippen molar-refractivity contribution in [3.8, 4) is 0 Å². The summed E-state index contributed by atoms with van der Waals surface area (Å²) in [6, 6.07) is 6.36. The molecule has 0 aromatic heterocycles. The number of hydrogen-bond acceptors (Lipinski definition) is 3. The van der Waals surface area contributed by atoms with Crippen molar-refractivity contribution < 1.29 is 0 Å². The predicted octanol–water partition coefficient (Wildman–Crippen LogP) is 2.67. The second kappa shape index (κ2) is 5.70. The monoisotopic (exact) mass is 279 g/mol. The maximum absolute atomic E-state index is 6.21. The molecule has 0 bridgehead atoms. The fraction of sp³-hybridized carbons (Fsp3) is 0.600. The molecule has 3 rings (SSSR count). The molecule has 1 saturated heterocycles. The molecule has 2 aliphatic rings. The highest BCUT2D eigenvalue weighted by Gasteiger charge is 2.34. The van der Waals surface area contributed by atoms with Crippen molar-refractivity contribution in [2.75, 3.05) is 31.9 Å². The van der Waals surface area contributed by atoms with E-state index >= 15 is 0 Å². The molecule has 0 unspecified atom stereocenters. The smallest absolute Gasteiger partial charge is 0.0410 e. The molecule has 0 amide bonds. The van der Waals surface area contributed by atoms with Crippen LogP contribution in [0.25, 0.3) is 0 Å². The van der Waals surface area contributed by atoms with E-state index in [0.29, 0.717) is 6.04 Å². The Hall–Kier alpha value is -0.770. The van der Waals surface area contributed by atoms with Crippen LogP contribution in [-0.4, -0.2) is 31.1 Å². The van der Waals surface area contributed by atoms with Crippen LogP contribution in [0.1, 0.15) is 30.9 Å². The van der Waals surface area contributed by atoms with E-state index in [9.17, 15) is 0 Å². The Morgan fingerprint density at radius 1 is 1.26 bits per heavy atom. The topological polar surface area (TPSA) is 41.3 Å². The largest absolute Gasteiger partial charge is 0.398 e. The van der Waals surface area contributed by atoms with E-state index in [0.717, 1.165) is 42.8 Å². The van der Waals surface area contributed by atoms with Gasteiger partial charge in [-0.25, -0.2) is 0 Å². The summed E-state index contributed by atoms with van der Waals surface area (Å²) in [6.07, 6.45) is 3.99. The van der Waals surface area contributed by atoms with E-state index in [4.69, 9.17) is 17.3 Å². The summed E-state index contributed by atoms with van der Waals surface area (Å²) in [5, 5.41) is 4.22. The van der Waals surface area contributed by atoms with Gasteiger partial charge in [-0.05, 0) is 42.5 Å². The summed E-state index contributed by atoms with van der Waals surface area (Å²) in [6.45, 7) is 4.35. The lowest BCUT2D eigenvalue weighted by Crippen LogP contribution is -2.48. The van der Waals surface area contributed by atoms with Gasteiger partial charge in [0.25, 0.3) is 0 Å². The maximum atomic E-state index is 6.21. The first-order chi connectivity index (χ1) is 9.25. The molecule has 1 saturated carbocycles. The Labute approximate surface area is 120 Å². The minimum absolute atomic E-state index is 0.453. The van der Waals surface area contributed by atoms with E-state index in [1.807, 2.05) is 12.1 Å². The lowest BCUT2D eigenvalue weighted by Gasteiger charge is -2.43. The van der Waals surface area contributed by atoms with Crippen molar-refractivity contribution in [2.45, 2.75) is 25.3 Å². The van der Waals surface area contributed by atoms with Gasteiger partial charge in [0.15, 0.2) is 0 Å². The molecular weight excluding hydrogens is 258 g/mol. The molecule has 104 valence electrons. The summed E-state index contributed by atoms with van der Waals surface area (Å²) >= 11 is 6.18. The molecule has 3 nitrogen and oxygen atoms in total. The van der Waals surface area contributed by atoms with Gasteiger partial charge in [-0.15, -0.1) is 0 Å². The molecule has 4 heteroatoms.